The van der Waals surface area contributed by atoms with Crippen molar-refractivity contribution in [1.29, 1.82) is 0 Å². The number of ether oxygens (including phenoxy) is 1. The van der Waals surface area contributed by atoms with Crippen molar-refractivity contribution in [2.45, 2.75) is 39.0 Å². The number of rotatable bonds is 7. The van der Waals surface area contributed by atoms with Gasteiger partial charge in [0.2, 0.25) is 0 Å². The summed E-state index contributed by atoms with van der Waals surface area (Å²) < 4.78 is 42.7. The Labute approximate surface area is 151 Å². The van der Waals surface area contributed by atoms with Crippen molar-refractivity contribution in [1.82, 2.24) is 5.32 Å². The number of halogens is 3. The second-order valence-electron chi connectivity index (χ2n) is 6.06. The first kappa shape index (κ1) is 20.0. The Morgan fingerprint density at radius 3 is 2.08 bits per heavy atom. The lowest BCUT2D eigenvalue weighted by Gasteiger charge is -2.13. The van der Waals surface area contributed by atoms with Crippen molar-refractivity contribution in [3.05, 3.63) is 59.7 Å². The van der Waals surface area contributed by atoms with Gasteiger partial charge in [-0.25, -0.2) is 0 Å². The summed E-state index contributed by atoms with van der Waals surface area (Å²) in [7, 11) is 0. The van der Waals surface area contributed by atoms with Crippen molar-refractivity contribution in [3.8, 4) is 11.1 Å². The van der Waals surface area contributed by atoms with Crippen molar-refractivity contribution >= 4 is 5.97 Å². The number of benzene rings is 2. The van der Waals surface area contributed by atoms with Gasteiger partial charge in [-0.3, -0.25) is 4.79 Å². The summed E-state index contributed by atoms with van der Waals surface area (Å²) in [5.41, 5.74) is 1.95. The fourth-order valence-corrected chi connectivity index (χ4v) is 2.50. The van der Waals surface area contributed by atoms with Gasteiger partial charge in [-0.05, 0) is 42.7 Å². The molecule has 1 N–H and O–H groups in total. The van der Waals surface area contributed by atoms with Crippen LogP contribution in [0, 0.1) is 0 Å². The molecule has 3 nitrogen and oxygen atoms in total. The van der Waals surface area contributed by atoms with E-state index in [1.165, 1.54) is 12.1 Å². The molecule has 0 aliphatic rings. The predicted octanol–water partition coefficient (Wildman–Crippen LogP) is 4.80. The fraction of sp³-hybridized carbons (Fsp3) is 0.350. The molecule has 0 saturated heterocycles. The van der Waals surface area contributed by atoms with Gasteiger partial charge in [0.1, 0.15) is 0 Å². The molecule has 0 saturated carbocycles. The molecule has 140 valence electrons. The molecule has 0 amide bonds. The first-order chi connectivity index (χ1) is 12.3. The van der Waals surface area contributed by atoms with Crippen LogP contribution >= 0.6 is 0 Å². The summed E-state index contributed by atoms with van der Waals surface area (Å²) in [5.74, 6) is -0.231. The molecule has 0 spiro atoms. The fourth-order valence-electron chi connectivity index (χ4n) is 2.50. The average molecular weight is 365 g/mol. The second-order valence-corrected chi connectivity index (χ2v) is 6.06. The lowest BCUT2D eigenvalue weighted by molar-refractivity contribution is -0.143. The van der Waals surface area contributed by atoms with Crippen LogP contribution in [0.1, 0.15) is 31.4 Å². The van der Waals surface area contributed by atoms with Gasteiger partial charge in [0, 0.05) is 12.6 Å². The molecule has 26 heavy (non-hydrogen) atoms. The molecule has 0 aromatic heterocycles. The molecule has 2 rings (SSSR count). The zero-order valence-corrected chi connectivity index (χ0v) is 14.8. The first-order valence-electron chi connectivity index (χ1n) is 8.45. The number of hydrogen-bond acceptors (Lipinski definition) is 3. The molecule has 0 radical (unpaired) electrons. The van der Waals surface area contributed by atoms with Crippen LogP contribution in [-0.4, -0.2) is 18.6 Å². The minimum Gasteiger partial charge on any atom is -0.466 e. The number of carbonyl (C=O) groups is 1. The van der Waals surface area contributed by atoms with E-state index in [4.69, 9.17) is 4.74 Å². The molecule has 0 bridgehead atoms. The molecule has 6 heteroatoms. The number of esters is 1. The quantitative estimate of drug-likeness (QED) is 0.716. The van der Waals surface area contributed by atoms with Crippen LogP contribution in [0.15, 0.2) is 48.5 Å². The van der Waals surface area contributed by atoms with Gasteiger partial charge in [0.25, 0.3) is 0 Å². The SMILES string of the molecule is CCOC(=O)C[C@H](C)NCc1ccc(-c2ccc(C(F)(F)F)cc2)cc1. The topological polar surface area (TPSA) is 38.3 Å². The van der Waals surface area contributed by atoms with Crippen LogP contribution in [0.25, 0.3) is 11.1 Å². The third-order valence-electron chi connectivity index (χ3n) is 3.93. The Hall–Kier alpha value is -2.34. The maximum Gasteiger partial charge on any atom is 0.416 e. The Balaban J connectivity index is 1.93. The Bertz CT molecular complexity index is 709. The van der Waals surface area contributed by atoms with Crippen molar-refractivity contribution < 1.29 is 22.7 Å². The summed E-state index contributed by atoms with van der Waals surface area (Å²) in [4.78, 5) is 11.4. The van der Waals surface area contributed by atoms with Gasteiger partial charge in [-0.1, -0.05) is 36.4 Å². The first-order valence-corrected chi connectivity index (χ1v) is 8.45. The minimum atomic E-state index is -4.33. The highest BCUT2D eigenvalue weighted by Gasteiger charge is 2.29. The van der Waals surface area contributed by atoms with Crippen molar-refractivity contribution in [2.75, 3.05) is 6.61 Å². The number of alkyl halides is 3. The monoisotopic (exact) mass is 365 g/mol. The van der Waals surface area contributed by atoms with Gasteiger partial charge in [0.15, 0.2) is 0 Å². The van der Waals surface area contributed by atoms with E-state index < -0.39 is 11.7 Å². The number of hydrogen-bond donors (Lipinski definition) is 1. The number of carbonyl (C=O) groups excluding carboxylic acids is 1. The standard InChI is InChI=1S/C20H22F3NO2/c1-3-26-19(25)12-14(2)24-13-15-4-6-16(7-5-15)17-8-10-18(11-9-17)20(21,22)23/h4-11,14,24H,3,12-13H2,1-2H3/t14-/m0/s1. The summed E-state index contributed by atoms with van der Waals surface area (Å²) >= 11 is 0. The Morgan fingerprint density at radius 1 is 1.04 bits per heavy atom. The van der Waals surface area contributed by atoms with E-state index in [1.807, 2.05) is 31.2 Å². The second kappa shape index (κ2) is 8.85. The van der Waals surface area contributed by atoms with E-state index >= 15 is 0 Å². The third-order valence-corrected chi connectivity index (χ3v) is 3.93. The summed E-state index contributed by atoms with van der Waals surface area (Å²) in [5, 5.41) is 3.25. The molecule has 0 aliphatic heterocycles. The van der Waals surface area contributed by atoms with Crippen LogP contribution < -0.4 is 5.32 Å². The Kier molecular flexibility index (Phi) is 6.80. The maximum atomic E-state index is 12.6. The normalized spacial score (nSPS) is 12.7. The lowest BCUT2D eigenvalue weighted by atomic mass is 10.0. The van der Waals surface area contributed by atoms with E-state index in [2.05, 4.69) is 5.32 Å². The minimum absolute atomic E-state index is 0.0105. The van der Waals surface area contributed by atoms with Crippen molar-refractivity contribution in [3.63, 3.8) is 0 Å². The van der Waals surface area contributed by atoms with E-state index in [1.54, 1.807) is 6.92 Å². The molecular weight excluding hydrogens is 343 g/mol. The van der Waals surface area contributed by atoms with E-state index in [0.29, 0.717) is 19.6 Å². The van der Waals surface area contributed by atoms with Gasteiger partial charge in [-0.2, -0.15) is 13.2 Å². The van der Waals surface area contributed by atoms with E-state index in [0.717, 1.165) is 28.8 Å². The largest absolute Gasteiger partial charge is 0.466 e. The van der Waals surface area contributed by atoms with Crippen LogP contribution in [0.4, 0.5) is 13.2 Å². The highest BCUT2D eigenvalue weighted by Crippen LogP contribution is 2.31. The number of nitrogens with one attached hydrogen (secondary N) is 1. The lowest BCUT2D eigenvalue weighted by Crippen LogP contribution is -2.28. The van der Waals surface area contributed by atoms with Crippen LogP contribution in [-0.2, 0) is 22.3 Å². The molecule has 0 unspecified atom stereocenters. The van der Waals surface area contributed by atoms with Crippen molar-refractivity contribution in [2.24, 2.45) is 0 Å². The summed E-state index contributed by atoms with van der Waals surface area (Å²) in [6, 6.07) is 12.7. The summed E-state index contributed by atoms with van der Waals surface area (Å²) in [6.07, 6.45) is -4.02. The summed E-state index contributed by atoms with van der Waals surface area (Å²) in [6.45, 7) is 4.65. The molecule has 0 heterocycles. The highest BCUT2D eigenvalue weighted by molar-refractivity contribution is 5.70. The van der Waals surface area contributed by atoms with Gasteiger partial charge >= 0.3 is 12.1 Å². The molecule has 0 fully saturated rings. The molecule has 2 aromatic rings. The molecular formula is C20H22F3NO2. The van der Waals surface area contributed by atoms with Crippen LogP contribution in [0.5, 0.6) is 0 Å². The molecule has 2 aromatic carbocycles. The van der Waals surface area contributed by atoms with Gasteiger partial charge < -0.3 is 10.1 Å². The zero-order valence-electron chi connectivity index (χ0n) is 14.8. The smallest absolute Gasteiger partial charge is 0.416 e. The van der Waals surface area contributed by atoms with E-state index in [9.17, 15) is 18.0 Å². The van der Waals surface area contributed by atoms with Crippen LogP contribution in [0.3, 0.4) is 0 Å². The Morgan fingerprint density at radius 2 is 1.58 bits per heavy atom. The molecule has 1 atom stereocenters. The molecule has 0 aliphatic carbocycles. The van der Waals surface area contributed by atoms with Gasteiger partial charge in [-0.15, -0.1) is 0 Å². The van der Waals surface area contributed by atoms with Crippen LogP contribution in [0.2, 0.25) is 0 Å². The van der Waals surface area contributed by atoms with Gasteiger partial charge in [0.05, 0.1) is 18.6 Å². The maximum absolute atomic E-state index is 12.6. The predicted molar refractivity (Wildman–Crippen MR) is 94.4 cm³/mol. The highest BCUT2D eigenvalue weighted by atomic mass is 19.4. The third kappa shape index (κ3) is 5.88. The average Bonchev–Trinajstić information content (AvgIpc) is 2.60. The zero-order chi connectivity index (χ0) is 19.2. The van der Waals surface area contributed by atoms with E-state index in [-0.39, 0.29) is 12.0 Å².